The molecule has 4 aromatic rings. The van der Waals surface area contributed by atoms with Crippen molar-refractivity contribution in [3.63, 3.8) is 0 Å². The van der Waals surface area contributed by atoms with E-state index in [4.69, 9.17) is 16.2 Å². The standard InChI is InChI=1S/C18H17N7O3S/c1-28-3-2-25-8-10(6-23-25)12-7-22-18(29-12)13-14(19)15-11(24-17(13)27)4-9(5-21-15)16(20)26/h4-8H,2-3H2,1H3,(H2,20,26)(H3,19,24,27). The van der Waals surface area contributed by atoms with E-state index < -0.39 is 11.5 Å². The molecule has 0 aliphatic rings. The average molecular weight is 411 g/mol. The number of nitrogens with zero attached hydrogens (tertiary/aromatic N) is 4. The first-order chi connectivity index (χ1) is 14.0. The summed E-state index contributed by atoms with van der Waals surface area (Å²) in [6.45, 7) is 1.20. The number of nitrogens with one attached hydrogen (secondary N) is 1. The van der Waals surface area contributed by atoms with Gasteiger partial charge in [0.25, 0.3) is 5.56 Å². The summed E-state index contributed by atoms with van der Waals surface area (Å²) in [7, 11) is 1.63. The molecule has 0 saturated heterocycles. The molecule has 0 spiro atoms. The van der Waals surface area contributed by atoms with Crippen molar-refractivity contribution in [3.05, 3.63) is 46.8 Å². The molecule has 0 fully saturated rings. The largest absolute Gasteiger partial charge is 0.396 e. The van der Waals surface area contributed by atoms with Gasteiger partial charge in [-0.1, -0.05) is 0 Å². The number of primary amides is 1. The molecule has 0 radical (unpaired) electrons. The summed E-state index contributed by atoms with van der Waals surface area (Å²) in [6.07, 6.45) is 6.61. The molecule has 0 aromatic carbocycles. The van der Waals surface area contributed by atoms with Crippen molar-refractivity contribution < 1.29 is 9.53 Å². The van der Waals surface area contributed by atoms with E-state index in [9.17, 15) is 9.59 Å². The summed E-state index contributed by atoms with van der Waals surface area (Å²) in [5, 5.41) is 4.75. The van der Waals surface area contributed by atoms with Crippen LogP contribution in [0.3, 0.4) is 0 Å². The van der Waals surface area contributed by atoms with Crippen molar-refractivity contribution in [2.45, 2.75) is 6.54 Å². The molecule has 0 bridgehead atoms. The Balaban J connectivity index is 1.74. The van der Waals surface area contributed by atoms with Crippen molar-refractivity contribution in [1.82, 2.24) is 24.7 Å². The van der Waals surface area contributed by atoms with Gasteiger partial charge >= 0.3 is 0 Å². The normalized spacial score (nSPS) is 11.2. The predicted octanol–water partition coefficient (Wildman–Crippen LogP) is 1.24. The summed E-state index contributed by atoms with van der Waals surface area (Å²) < 4.78 is 6.82. The lowest BCUT2D eigenvalue weighted by Crippen LogP contribution is -2.15. The van der Waals surface area contributed by atoms with Gasteiger partial charge in [0.05, 0.1) is 41.0 Å². The summed E-state index contributed by atoms with van der Waals surface area (Å²) in [6, 6.07) is 1.45. The lowest BCUT2D eigenvalue weighted by molar-refractivity contribution is 0.1000. The number of carbonyl (C=O) groups is 1. The maximum Gasteiger partial charge on any atom is 0.260 e. The molecule has 0 saturated carbocycles. The van der Waals surface area contributed by atoms with Crippen LogP contribution in [0.15, 0.2) is 35.6 Å². The highest BCUT2D eigenvalue weighted by molar-refractivity contribution is 7.18. The zero-order chi connectivity index (χ0) is 20.5. The number of hydrogen-bond donors (Lipinski definition) is 3. The topological polar surface area (TPSA) is 155 Å². The summed E-state index contributed by atoms with van der Waals surface area (Å²) in [5.41, 5.74) is 13.3. The molecule has 4 rings (SSSR count). The molecule has 11 heteroatoms. The van der Waals surface area contributed by atoms with E-state index in [-0.39, 0.29) is 16.8 Å². The monoisotopic (exact) mass is 411 g/mol. The minimum absolute atomic E-state index is 0.183. The van der Waals surface area contributed by atoms with Crippen LogP contribution in [0.4, 0.5) is 5.69 Å². The van der Waals surface area contributed by atoms with Crippen molar-refractivity contribution in [1.29, 1.82) is 0 Å². The lowest BCUT2D eigenvalue weighted by Gasteiger charge is -2.06. The Bertz CT molecular complexity index is 1270. The molecule has 148 valence electrons. The zero-order valence-corrected chi connectivity index (χ0v) is 16.2. The molecule has 29 heavy (non-hydrogen) atoms. The summed E-state index contributed by atoms with van der Waals surface area (Å²) >= 11 is 1.32. The fraction of sp³-hybridized carbons (Fsp3) is 0.167. The molecule has 1 amide bonds. The zero-order valence-electron chi connectivity index (χ0n) is 15.4. The minimum Gasteiger partial charge on any atom is -0.396 e. The van der Waals surface area contributed by atoms with Crippen LogP contribution in [-0.2, 0) is 11.3 Å². The second kappa shape index (κ2) is 7.45. The van der Waals surface area contributed by atoms with Gasteiger partial charge in [-0.15, -0.1) is 11.3 Å². The SMILES string of the molecule is COCCn1cc(-c2cnc(-c3c(N)c4ncc(C(N)=O)cc4[nH]c3=O)s2)cn1. The van der Waals surface area contributed by atoms with Gasteiger partial charge in [0.1, 0.15) is 16.1 Å². The van der Waals surface area contributed by atoms with E-state index in [2.05, 4.69) is 20.1 Å². The smallest absolute Gasteiger partial charge is 0.260 e. The van der Waals surface area contributed by atoms with Gasteiger partial charge in [-0.3, -0.25) is 19.3 Å². The molecule has 0 unspecified atom stereocenters. The highest BCUT2D eigenvalue weighted by Crippen LogP contribution is 2.34. The third-order valence-electron chi connectivity index (χ3n) is 4.33. The number of nitrogen functional groups attached to an aromatic ring is 1. The fourth-order valence-corrected chi connectivity index (χ4v) is 3.82. The van der Waals surface area contributed by atoms with Crippen LogP contribution in [0.5, 0.6) is 0 Å². The highest BCUT2D eigenvalue weighted by atomic mass is 32.1. The fourth-order valence-electron chi connectivity index (χ4n) is 2.87. The number of carbonyl (C=O) groups excluding carboxylic acids is 1. The van der Waals surface area contributed by atoms with Crippen molar-refractivity contribution >= 4 is 34.0 Å². The molecule has 10 nitrogen and oxygen atoms in total. The summed E-state index contributed by atoms with van der Waals surface area (Å²) in [4.78, 5) is 36.1. The van der Waals surface area contributed by atoms with E-state index >= 15 is 0 Å². The molecule has 0 aliphatic carbocycles. The lowest BCUT2D eigenvalue weighted by atomic mass is 10.1. The number of rotatable bonds is 6. The van der Waals surface area contributed by atoms with Crippen LogP contribution in [0.2, 0.25) is 0 Å². The van der Waals surface area contributed by atoms with Gasteiger partial charge in [0, 0.05) is 31.3 Å². The third-order valence-corrected chi connectivity index (χ3v) is 5.40. The number of amides is 1. The third kappa shape index (κ3) is 3.48. The van der Waals surface area contributed by atoms with Gasteiger partial charge < -0.3 is 21.2 Å². The Hall–Kier alpha value is -3.57. The Morgan fingerprint density at radius 3 is 2.90 bits per heavy atom. The second-order valence-electron chi connectivity index (χ2n) is 6.24. The number of methoxy groups -OCH3 is 1. The first kappa shape index (κ1) is 18.8. The van der Waals surface area contributed by atoms with Crippen LogP contribution >= 0.6 is 11.3 Å². The number of pyridine rings is 2. The van der Waals surface area contributed by atoms with Crippen LogP contribution in [0.1, 0.15) is 10.4 Å². The average Bonchev–Trinajstić information content (AvgIpc) is 3.35. The summed E-state index contributed by atoms with van der Waals surface area (Å²) in [5.74, 6) is -0.640. The van der Waals surface area contributed by atoms with Gasteiger partial charge in [-0.25, -0.2) is 4.98 Å². The van der Waals surface area contributed by atoms with E-state index in [1.54, 1.807) is 24.2 Å². The highest BCUT2D eigenvalue weighted by Gasteiger charge is 2.18. The second-order valence-corrected chi connectivity index (χ2v) is 7.27. The number of hydrogen-bond acceptors (Lipinski definition) is 8. The quantitative estimate of drug-likeness (QED) is 0.431. The van der Waals surface area contributed by atoms with Crippen LogP contribution < -0.4 is 17.0 Å². The van der Waals surface area contributed by atoms with Crippen LogP contribution in [-0.4, -0.2) is 44.4 Å². The number of H-pyrrole nitrogens is 1. The van der Waals surface area contributed by atoms with Gasteiger partial charge in [-0.05, 0) is 6.07 Å². The number of aromatic nitrogens is 5. The van der Waals surface area contributed by atoms with Crippen molar-refractivity contribution in [2.24, 2.45) is 5.73 Å². The van der Waals surface area contributed by atoms with Gasteiger partial charge in [-0.2, -0.15) is 5.10 Å². The molecule has 4 aromatic heterocycles. The van der Waals surface area contributed by atoms with E-state index in [1.165, 1.54) is 23.6 Å². The number of aromatic amines is 1. The predicted molar refractivity (Wildman–Crippen MR) is 109 cm³/mol. The van der Waals surface area contributed by atoms with E-state index in [0.717, 1.165) is 10.4 Å². The molecule has 5 N–H and O–H groups in total. The Morgan fingerprint density at radius 2 is 2.14 bits per heavy atom. The van der Waals surface area contributed by atoms with E-state index in [1.807, 2.05) is 6.20 Å². The minimum atomic E-state index is -0.640. The first-order valence-electron chi connectivity index (χ1n) is 8.57. The van der Waals surface area contributed by atoms with Crippen molar-refractivity contribution in [2.75, 3.05) is 19.5 Å². The molecular formula is C18H17N7O3S. The maximum absolute atomic E-state index is 12.7. The molecule has 0 aliphatic heterocycles. The number of anilines is 1. The van der Waals surface area contributed by atoms with Gasteiger partial charge in [0.15, 0.2) is 0 Å². The Morgan fingerprint density at radius 1 is 1.31 bits per heavy atom. The Kier molecular flexibility index (Phi) is 4.82. The van der Waals surface area contributed by atoms with Crippen LogP contribution in [0, 0.1) is 0 Å². The maximum atomic E-state index is 12.7. The molecule has 4 heterocycles. The number of ether oxygens (including phenoxy) is 1. The first-order valence-corrected chi connectivity index (χ1v) is 9.39. The molecule has 0 atom stereocenters. The Labute approximate surface area is 168 Å². The number of fused-ring (bicyclic) bond motifs is 1. The van der Waals surface area contributed by atoms with Crippen molar-refractivity contribution in [3.8, 4) is 21.0 Å². The van der Waals surface area contributed by atoms with Gasteiger partial charge in [0.2, 0.25) is 5.91 Å². The molecular weight excluding hydrogens is 394 g/mol. The van der Waals surface area contributed by atoms with E-state index in [0.29, 0.717) is 29.2 Å². The van der Waals surface area contributed by atoms with Crippen LogP contribution in [0.25, 0.3) is 32.0 Å². The number of thiazole rings is 1. The number of nitrogens with two attached hydrogens (primary N) is 2.